The number of hydrogen-bond acceptors (Lipinski definition) is 3. The van der Waals surface area contributed by atoms with E-state index in [1.54, 1.807) is 12.3 Å². The molecule has 1 unspecified atom stereocenters. The number of hydrogen-bond donors (Lipinski definition) is 1. The van der Waals surface area contributed by atoms with Crippen LogP contribution in [0.15, 0.2) is 60.8 Å². The van der Waals surface area contributed by atoms with Crippen molar-refractivity contribution in [3.8, 4) is 11.3 Å². The van der Waals surface area contributed by atoms with Gasteiger partial charge in [0, 0.05) is 17.4 Å². The van der Waals surface area contributed by atoms with E-state index in [1.807, 2.05) is 55.5 Å². The van der Waals surface area contributed by atoms with Crippen LogP contribution in [0.4, 0.5) is 5.69 Å². The summed E-state index contributed by atoms with van der Waals surface area (Å²) in [6, 6.07) is 17.5. The van der Waals surface area contributed by atoms with Gasteiger partial charge in [-0.25, -0.2) is 0 Å². The second-order valence-corrected chi connectivity index (χ2v) is 5.98. The molecule has 0 aliphatic carbocycles. The van der Waals surface area contributed by atoms with Crippen molar-refractivity contribution in [2.45, 2.75) is 13.0 Å². The molecule has 0 amide bonds. The zero-order valence-electron chi connectivity index (χ0n) is 12.5. The van der Waals surface area contributed by atoms with Crippen molar-refractivity contribution in [3.05, 3.63) is 76.4 Å². The smallest absolute Gasteiger partial charge is 0.0930 e. The van der Waals surface area contributed by atoms with E-state index in [0.717, 1.165) is 22.5 Å². The molecule has 0 aliphatic heterocycles. The fourth-order valence-electron chi connectivity index (χ4n) is 2.41. The Balaban J connectivity index is 1.84. The minimum absolute atomic E-state index is 0.0262. The van der Waals surface area contributed by atoms with E-state index in [-0.39, 0.29) is 6.04 Å². The lowest BCUT2D eigenvalue weighted by Crippen LogP contribution is -2.07. The minimum Gasteiger partial charge on any atom is -0.378 e. The fourth-order valence-corrected chi connectivity index (χ4v) is 2.88. The van der Waals surface area contributed by atoms with Gasteiger partial charge in [0.1, 0.15) is 0 Å². The summed E-state index contributed by atoms with van der Waals surface area (Å²) in [6.07, 6.45) is 1.66. The molecule has 23 heavy (non-hydrogen) atoms. The molecule has 1 N–H and O–H groups in total. The van der Waals surface area contributed by atoms with E-state index in [9.17, 15) is 0 Å². The van der Waals surface area contributed by atoms with Crippen molar-refractivity contribution >= 4 is 28.9 Å². The lowest BCUT2D eigenvalue weighted by Gasteiger charge is -2.18. The van der Waals surface area contributed by atoms with E-state index < -0.39 is 0 Å². The molecule has 3 nitrogen and oxygen atoms in total. The van der Waals surface area contributed by atoms with Gasteiger partial charge in [-0.1, -0.05) is 47.5 Å². The molecule has 5 heteroatoms. The number of anilines is 1. The summed E-state index contributed by atoms with van der Waals surface area (Å²) in [5.41, 5.74) is 3.79. The van der Waals surface area contributed by atoms with Crippen molar-refractivity contribution in [2.24, 2.45) is 0 Å². The first-order valence-electron chi connectivity index (χ1n) is 7.24. The summed E-state index contributed by atoms with van der Waals surface area (Å²) in [5, 5.41) is 12.6. The standard InChI is InChI=1S/C18H15Cl2N3/c1-12(15-7-3-8-16(19)18(15)20)22-14-6-2-5-13(11-14)17-9-4-10-21-23-17/h2-12,22H,1H3. The SMILES string of the molecule is CC(Nc1cccc(-c2cccnn2)c1)c1cccc(Cl)c1Cl. The normalized spacial score (nSPS) is 12.0. The lowest BCUT2D eigenvalue weighted by molar-refractivity contribution is 0.885. The Morgan fingerprint density at radius 3 is 2.61 bits per heavy atom. The van der Waals surface area contributed by atoms with Crippen LogP contribution in [0.3, 0.4) is 0 Å². The third-order valence-electron chi connectivity index (χ3n) is 3.56. The quantitative estimate of drug-likeness (QED) is 0.667. The third kappa shape index (κ3) is 3.63. The highest BCUT2D eigenvalue weighted by molar-refractivity contribution is 6.42. The number of nitrogens with zero attached hydrogens (tertiary/aromatic N) is 2. The van der Waals surface area contributed by atoms with Crippen molar-refractivity contribution < 1.29 is 0 Å². The number of benzene rings is 2. The van der Waals surface area contributed by atoms with Gasteiger partial charge in [-0.3, -0.25) is 0 Å². The molecule has 0 bridgehead atoms. The molecule has 2 aromatic carbocycles. The van der Waals surface area contributed by atoms with Crippen LogP contribution in [0.1, 0.15) is 18.5 Å². The summed E-state index contributed by atoms with van der Waals surface area (Å²) < 4.78 is 0. The Labute approximate surface area is 145 Å². The van der Waals surface area contributed by atoms with E-state index >= 15 is 0 Å². The Morgan fingerprint density at radius 2 is 1.83 bits per heavy atom. The summed E-state index contributed by atoms with van der Waals surface area (Å²) in [6.45, 7) is 2.05. The largest absolute Gasteiger partial charge is 0.378 e. The monoisotopic (exact) mass is 343 g/mol. The molecule has 0 saturated heterocycles. The summed E-state index contributed by atoms with van der Waals surface area (Å²) in [5.74, 6) is 0. The average Bonchev–Trinajstić information content (AvgIpc) is 2.58. The van der Waals surface area contributed by atoms with Gasteiger partial charge in [0.25, 0.3) is 0 Å². The highest BCUT2D eigenvalue weighted by Crippen LogP contribution is 2.32. The fraction of sp³-hybridized carbons (Fsp3) is 0.111. The van der Waals surface area contributed by atoms with E-state index in [0.29, 0.717) is 10.0 Å². The Hall–Kier alpha value is -2.10. The van der Waals surface area contributed by atoms with Crippen LogP contribution in [0.25, 0.3) is 11.3 Å². The van der Waals surface area contributed by atoms with Crippen molar-refractivity contribution in [2.75, 3.05) is 5.32 Å². The number of halogens is 2. The second kappa shape index (κ2) is 6.99. The second-order valence-electron chi connectivity index (χ2n) is 5.20. The van der Waals surface area contributed by atoms with Gasteiger partial charge in [0.15, 0.2) is 0 Å². The molecule has 3 rings (SSSR count). The topological polar surface area (TPSA) is 37.8 Å². The van der Waals surface area contributed by atoms with Crippen molar-refractivity contribution in [1.82, 2.24) is 10.2 Å². The van der Waals surface area contributed by atoms with Crippen molar-refractivity contribution in [1.29, 1.82) is 0 Å². The lowest BCUT2D eigenvalue weighted by atomic mass is 10.1. The van der Waals surface area contributed by atoms with Crippen LogP contribution in [0.2, 0.25) is 10.0 Å². The summed E-state index contributed by atoms with van der Waals surface area (Å²) in [7, 11) is 0. The average molecular weight is 344 g/mol. The molecule has 1 heterocycles. The number of rotatable bonds is 4. The van der Waals surface area contributed by atoms with Crippen LogP contribution in [0.5, 0.6) is 0 Å². The molecule has 0 saturated carbocycles. The first-order valence-corrected chi connectivity index (χ1v) is 7.99. The maximum absolute atomic E-state index is 6.29. The van der Waals surface area contributed by atoms with E-state index in [4.69, 9.17) is 23.2 Å². The summed E-state index contributed by atoms with van der Waals surface area (Å²) >= 11 is 12.4. The Kier molecular flexibility index (Phi) is 4.79. The molecule has 0 fully saturated rings. The molecule has 1 atom stereocenters. The van der Waals surface area contributed by atoms with Gasteiger partial charge >= 0.3 is 0 Å². The van der Waals surface area contributed by atoms with Gasteiger partial charge < -0.3 is 5.32 Å². The third-order valence-corrected chi connectivity index (χ3v) is 4.40. The Morgan fingerprint density at radius 1 is 1.00 bits per heavy atom. The van der Waals surface area contributed by atoms with Crippen LogP contribution in [-0.4, -0.2) is 10.2 Å². The Bertz CT molecular complexity index is 806. The van der Waals surface area contributed by atoms with Crippen LogP contribution < -0.4 is 5.32 Å². The highest BCUT2D eigenvalue weighted by Gasteiger charge is 2.12. The maximum atomic E-state index is 6.29. The zero-order chi connectivity index (χ0) is 16.2. The molecular formula is C18H15Cl2N3. The van der Waals surface area contributed by atoms with Gasteiger partial charge in [0.2, 0.25) is 0 Å². The van der Waals surface area contributed by atoms with Gasteiger partial charge in [0.05, 0.1) is 21.8 Å². The predicted octanol–water partition coefficient (Wildman–Crippen LogP) is 5.62. The van der Waals surface area contributed by atoms with E-state index in [2.05, 4.69) is 15.5 Å². The molecule has 3 aromatic rings. The molecule has 116 valence electrons. The molecule has 0 spiro atoms. The molecule has 0 radical (unpaired) electrons. The van der Waals surface area contributed by atoms with Crippen LogP contribution >= 0.6 is 23.2 Å². The molecular weight excluding hydrogens is 329 g/mol. The van der Waals surface area contributed by atoms with Gasteiger partial charge in [-0.2, -0.15) is 10.2 Å². The first kappa shape index (κ1) is 15.8. The van der Waals surface area contributed by atoms with E-state index in [1.165, 1.54) is 0 Å². The molecule has 1 aromatic heterocycles. The molecule has 0 aliphatic rings. The first-order chi connectivity index (χ1) is 11.1. The predicted molar refractivity (Wildman–Crippen MR) is 96.0 cm³/mol. The minimum atomic E-state index is 0.0262. The zero-order valence-corrected chi connectivity index (χ0v) is 14.0. The van der Waals surface area contributed by atoms with Crippen LogP contribution in [-0.2, 0) is 0 Å². The van der Waals surface area contributed by atoms with Gasteiger partial charge in [-0.15, -0.1) is 0 Å². The van der Waals surface area contributed by atoms with Crippen LogP contribution in [0, 0.1) is 0 Å². The maximum Gasteiger partial charge on any atom is 0.0930 e. The highest BCUT2D eigenvalue weighted by atomic mass is 35.5. The summed E-state index contributed by atoms with van der Waals surface area (Å²) in [4.78, 5) is 0. The van der Waals surface area contributed by atoms with Crippen molar-refractivity contribution in [3.63, 3.8) is 0 Å². The number of nitrogens with one attached hydrogen (secondary N) is 1. The number of aromatic nitrogens is 2. The van der Waals surface area contributed by atoms with Gasteiger partial charge in [-0.05, 0) is 42.8 Å².